The molecule has 1 amide bonds. The van der Waals surface area contributed by atoms with Gasteiger partial charge >= 0.3 is 0 Å². The number of rotatable bonds is 7. The summed E-state index contributed by atoms with van der Waals surface area (Å²) in [5.74, 6) is 0.275. The molecule has 1 aromatic carbocycles. The first-order chi connectivity index (χ1) is 12.4. The van der Waals surface area contributed by atoms with Crippen molar-refractivity contribution in [1.82, 2.24) is 16.0 Å². The maximum atomic E-state index is 13.1. The molecule has 0 aromatic heterocycles. The van der Waals surface area contributed by atoms with Crippen molar-refractivity contribution in [2.75, 3.05) is 31.1 Å². The summed E-state index contributed by atoms with van der Waals surface area (Å²) in [6.07, 6.45) is 0.677. The Morgan fingerprint density at radius 1 is 1.35 bits per heavy atom. The van der Waals surface area contributed by atoms with Gasteiger partial charge in [0.1, 0.15) is 5.82 Å². The second kappa shape index (κ2) is 9.51. The number of guanidine groups is 1. The summed E-state index contributed by atoms with van der Waals surface area (Å²) in [5.41, 5.74) is 0.614. The van der Waals surface area contributed by atoms with Crippen molar-refractivity contribution in [1.29, 1.82) is 0 Å². The third-order valence-electron chi connectivity index (χ3n) is 3.88. The average Bonchev–Trinajstić information content (AvgIpc) is 2.90. The number of carbonyl (C=O) groups excluding carboxylic acids is 1. The molecule has 3 N–H and O–H groups in total. The number of sulfone groups is 1. The Bertz CT molecular complexity index is 752. The number of nitrogens with zero attached hydrogens (tertiary/aromatic N) is 1. The van der Waals surface area contributed by atoms with Crippen LogP contribution in [0.15, 0.2) is 29.3 Å². The molecule has 9 heteroatoms. The molecule has 144 valence electrons. The Morgan fingerprint density at radius 3 is 2.81 bits per heavy atom. The van der Waals surface area contributed by atoms with Crippen LogP contribution in [0.4, 0.5) is 4.39 Å². The maximum Gasteiger partial charge on any atom is 0.224 e. The minimum Gasteiger partial charge on any atom is -0.357 e. The smallest absolute Gasteiger partial charge is 0.224 e. The molecule has 1 aromatic rings. The molecule has 7 nitrogen and oxygen atoms in total. The number of hydrogen-bond donors (Lipinski definition) is 3. The van der Waals surface area contributed by atoms with Gasteiger partial charge < -0.3 is 16.0 Å². The fourth-order valence-corrected chi connectivity index (χ4v) is 4.35. The molecule has 1 heterocycles. The molecule has 1 saturated heterocycles. The standard InChI is InChI=1S/C17H25FN4O3S/c1-2-19-17(22-15-6-9-26(24,25)12-15)21-8-7-20-16(23)11-13-4-3-5-14(18)10-13/h3-5,10,15H,2,6-9,11-12H2,1H3,(H,20,23)(H2,19,21,22). The van der Waals surface area contributed by atoms with E-state index < -0.39 is 9.84 Å². The normalized spacial score (nSPS) is 19.2. The molecule has 1 unspecified atom stereocenters. The molecule has 0 radical (unpaired) electrons. The summed E-state index contributed by atoms with van der Waals surface area (Å²) in [7, 11) is -2.95. The largest absolute Gasteiger partial charge is 0.357 e. The van der Waals surface area contributed by atoms with E-state index in [4.69, 9.17) is 0 Å². The van der Waals surface area contributed by atoms with Gasteiger partial charge in [0.2, 0.25) is 5.91 Å². The van der Waals surface area contributed by atoms with Crippen molar-refractivity contribution < 1.29 is 17.6 Å². The van der Waals surface area contributed by atoms with E-state index in [1.807, 2.05) is 6.92 Å². The molecule has 26 heavy (non-hydrogen) atoms. The third kappa shape index (κ3) is 6.99. The molecule has 1 aliphatic heterocycles. The Labute approximate surface area is 153 Å². The first-order valence-electron chi connectivity index (χ1n) is 8.64. The molecule has 0 bridgehead atoms. The molecular formula is C17H25FN4O3S. The first kappa shape index (κ1) is 20.2. The number of aliphatic imine (C=N–C) groups is 1. The van der Waals surface area contributed by atoms with Gasteiger partial charge in [-0.15, -0.1) is 0 Å². The van der Waals surface area contributed by atoms with Crippen molar-refractivity contribution in [2.24, 2.45) is 4.99 Å². The van der Waals surface area contributed by atoms with Crippen LogP contribution in [-0.2, 0) is 21.1 Å². The molecule has 0 aliphatic carbocycles. The Kier molecular flexibility index (Phi) is 7.38. The summed E-state index contributed by atoms with van der Waals surface area (Å²) in [6, 6.07) is 5.80. The van der Waals surface area contributed by atoms with Crippen LogP contribution in [0.2, 0.25) is 0 Å². The second-order valence-electron chi connectivity index (χ2n) is 6.16. The molecular weight excluding hydrogens is 359 g/mol. The van der Waals surface area contributed by atoms with Gasteiger partial charge in [-0.1, -0.05) is 12.1 Å². The highest BCUT2D eigenvalue weighted by molar-refractivity contribution is 7.91. The van der Waals surface area contributed by atoms with E-state index in [1.165, 1.54) is 12.1 Å². The van der Waals surface area contributed by atoms with E-state index in [9.17, 15) is 17.6 Å². The average molecular weight is 384 g/mol. The molecule has 1 fully saturated rings. The van der Waals surface area contributed by atoms with Gasteiger partial charge in [0, 0.05) is 19.1 Å². The van der Waals surface area contributed by atoms with Crippen LogP contribution < -0.4 is 16.0 Å². The number of benzene rings is 1. The van der Waals surface area contributed by atoms with Crippen LogP contribution in [0.5, 0.6) is 0 Å². The van der Waals surface area contributed by atoms with E-state index in [0.29, 0.717) is 37.6 Å². The topological polar surface area (TPSA) is 99.7 Å². The monoisotopic (exact) mass is 384 g/mol. The van der Waals surface area contributed by atoms with Crippen molar-refractivity contribution in [3.8, 4) is 0 Å². The van der Waals surface area contributed by atoms with Gasteiger partial charge in [0.25, 0.3) is 0 Å². The number of halogens is 1. The summed E-state index contributed by atoms with van der Waals surface area (Å²) >= 11 is 0. The van der Waals surface area contributed by atoms with Crippen molar-refractivity contribution >= 4 is 21.7 Å². The Balaban J connectivity index is 1.76. The van der Waals surface area contributed by atoms with E-state index >= 15 is 0 Å². The summed E-state index contributed by atoms with van der Waals surface area (Å²) < 4.78 is 36.1. The van der Waals surface area contributed by atoms with Crippen molar-refractivity contribution in [2.45, 2.75) is 25.8 Å². The summed E-state index contributed by atoms with van der Waals surface area (Å²) in [4.78, 5) is 16.2. The molecule has 1 atom stereocenters. The van der Waals surface area contributed by atoms with E-state index in [0.717, 1.165) is 0 Å². The third-order valence-corrected chi connectivity index (χ3v) is 5.64. The van der Waals surface area contributed by atoms with Gasteiger partial charge in [-0.3, -0.25) is 9.79 Å². The van der Waals surface area contributed by atoms with Crippen LogP contribution in [0, 0.1) is 5.82 Å². The molecule has 0 spiro atoms. The highest BCUT2D eigenvalue weighted by atomic mass is 32.2. The van der Waals surface area contributed by atoms with Crippen LogP contribution in [-0.4, -0.2) is 57.5 Å². The SMILES string of the molecule is CCNC(=NCCNC(=O)Cc1cccc(F)c1)NC1CCS(=O)(=O)C1. The Hall–Kier alpha value is -2.16. The van der Waals surface area contributed by atoms with Gasteiger partial charge in [0.15, 0.2) is 15.8 Å². The minimum absolute atomic E-state index is 0.111. The lowest BCUT2D eigenvalue weighted by atomic mass is 10.1. The molecule has 1 aliphatic rings. The molecule has 0 saturated carbocycles. The van der Waals surface area contributed by atoms with E-state index in [-0.39, 0.29) is 35.7 Å². The van der Waals surface area contributed by atoms with Crippen molar-refractivity contribution in [3.05, 3.63) is 35.6 Å². The lowest BCUT2D eigenvalue weighted by Gasteiger charge is -2.15. The highest BCUT2D eigenvalue weighted by Crippen LogP contribution is 2.10. The summed E-state index contributed by atoms with van der Waals surface area (Å²) in [5, 5.41) is 8.91. The fourth-order valence-electron chi connectivity index (χ4n) is 2.68. The number of amides is 1. The molecule has 2 rings (SSSR count). The zero-order valence-electron chi connectivity index (χ0n) is 14.8. The minimum atomic E-state index is -2.95. The predicted octanol–water partition coefficient (Wildman–Crippen LogP) is 0.227. The van der Waals surface area contributed by atoms with Crippen molar-refractivity contribution in [3.63, 3.8) is 0 Å². The van der Waals surface area contributed by atoms with Crippen LogP contribution >= 0.6 is 0 Å². The number of carbonyl (C=O) groups is 1. The van der Waals surface area contributed by atoms with E-state index in [2.05, 4.69) is 20.9 Å². The van der Waals surface area contributed by atoms with Crippen LogP contribution in [0.3, 0.4) is 0 Å². The van der Waals surface area contributed by atoms with Crippen LogP contribution in [0.25, 0.3) is 0 Å². The Morgan fingerprint density at radius 2 is 2.15 bits per heavy atom. The maximum absolute atomic E-state index is 13.1. The lowest BCUT2D eigenvalue weighted by Crippen LogP contribution is -2.44. The zero-order valence-corrected chi connectivity index (χ0v) is 15.6. The fraction of sp³-hybridized carbons (Fsp3) is 0.529. The quantitative estimate of drug-likeness (QED) is 0.355. The highest BCUT2D eigenvalue weighted by Gasteiger charge is 2.28. The van der Waals surface area contributed by atoms with E-state index in [1.54, 1.807) is 12.1 Å². The number of nitrogens with one attached hydrogen (secondary N) is 3. The van der Waals surface area contributed by atoms with Gasteiger partial charge in [-0.05, 0) is 31.0 Å². The van der Waals surface area contributed by atoms with Gasteiger partial charge in [-0.2, -0.15) is 0 Å². The number of hydrogen-bond acceptors (Lipinski definition) is 4. The van der Waals surface area contributed by atoms with Gasteiger partial charge in [0.05, 0.1) is 24.5 Å². The van der Waals surface area contributed by atoms with Crippen LogP contribution in [0.1, 0.15) is 18.9 Å². The summed E-state index contributed by atoms with van der Waals surface area (Å²) in [6.45, 7) is 3.26. The zero-order chi connectivity index (χ0) is 19.0. The first-order valence-corrected chi connectivity index (χ1v) is 10.5. The lowest BCUT2D eigenvalue weighted by molar-refractivity contribution is -0.120. The second-order valence-corrected chi connectivity index (χ2v) is 8.39. The predicted molar refractivity (Wildman–Crippen MR) is 99.3 cm³/mol. The van der Waals surface area contributed by atoms with Gasteiger partial charge in [-0.25, -0.2) is 12.8 Å².